The van der Waals surface area contributed by atoms with Crippen molar-refractivity contribution < 1.29 is 78.6 Å². The molecule has 2 rings (SSSR count). The monoisotopic (exact) mass is 375 g/mol. The van der Waals surface area contributed by atoms with Gasteiger partial charge in [-0.15, -0.1) is 0 Å². The smallest absolute Gasteiger partial charge is 0.744 e. The van der Waals surface area contributed by atoms with Crippen LogP contribution in [0.25, 0.3) is 0 Å². The quantitative estimate of drug-likeness (QED) is 0.550. The molecule has 24 heavy (non-hydrogen) atoms. The third-order valence-electron chi connectivity index (χ3n) is 2.89. The van der Waals surface area contributed by atoms with E-state index < -0.39 is 21.1 Å². The fourth-order valence-electron chi connectivity index (χ4n) is 1.83. The van der Waals surface area contributed by atoms with Crippen LogP contribution in [0.4, 0.5) is 10.5 Å². The first-order valence-corrected chi connectivity index (χ1v) is 7.92. The number of hydrogen-bond acceptors (Lipinski definition) is 6. The van der Waals surface area contributed by atoms with Crippen molar-refractivity contribution in [3.63, 3.8) is 0 Å². The van der Waals surface area contributed by atoms with E-state index in [1.807, 2.05) is 18.2 Å². The largest absolute Gasteiger partial charge is 1.00 e. The van der Waals surface area contributed by atoms with Gasteiger partial charge in [-0.25, -0.2) is 13.2 Å². The Morgan fingerprint density at radius 2 is 1.83 bits per heavy atom. The molecule has 0 heterocycles. The van der Waals surface area contributed by atoms with Crippen LogP contribution in [0.5, 0.6) is 5.75 Å². The fraction of sp³-hybridized carbons (Fsp3) is 0.133. The van der Waals surface area contributed by atoms with Crippen LogP contribution in [0, 0.1) is 0 Å². The molecule has 2 aromatic rings. The van der Waals surface area contributed by atoms with E-state index in [1.54, 1.807) is 12.1 Å². The molecular formula is C15H14KNO6S. The van der Waals surface area contributed by atoms with Crippen LogP contribution in [0.2, 0.25) is 0 Å². The molecule has 0 atom stereocenters. The number of benzene rings is 2. The fourth-order valence-corrected chi connectivity index (χ4v) is 2.50. The normalized spacial score (nSPS) is 10.4. The zero-order valence-electron chi connectivity index (χ0n) is 13.2. The first-order chi connectivity index (χ1) is 10.9. The summed E-state index contributed by atoms with van der Waals surface area (Å²) in [5.74, 6) is -0.0943. The van der Waals surface area contributed by atoms with Gasteiger partial charge in [0.05, 0.1) is 12.0 Å². The minimum atomic E-state index is -4.73. The maximum Gasteiger partial charge on any atom is 1.00 e. The van der Waals surface area contributed by atoms with E-state index in [2.05, 4.69) is 5.32 Å². The minimum Gasteiger partial charge on any atom is -0.744 e. The van der Waals surface area contributed by atoms with Gasteiger partial charge in [-0.3, -0.25) is 5.32 Å². The summed E-state index contributed by atoms with van der Waals surface area (Å²) in [6.45, 7) is 0.0650. The van der Waals surface area contributed by atoms with Crippen molar-refractivity contribution in [2.24, 2.45) is 0 Å². The van der Waals surface area contributed by atoms with Gasteiger partial charge < -0.3 is 14.0 Å². The van der Waals surface area contributed by atoms with Crippen molar-refractivity contribution in [2.75, 3.05) is 12.4 Å². The molecule has 1 amide bonds. The standard InChI is InChI=1S/C15H15NO6S.K/c1-21-13-8-7-12(9-14(13)23(18,19)20)16-15(17)22-10-11-5-3-2-4-6-11;/h2-9H,10H2,1H3,(H,16,17)(H,18,19,20);/q;+1/p-1. The van der Waals surface area contributed by atoms with Gasteiger partial charge in [0.1, 0.15) is 22.5 Å². The predicted octanol–water partition coefficient (Wildman–Crippen LogP) is -0.648. The van der Waals surface area contributed by atoms with E-state index in [9.17, 15) is 17.8 Å². The number of rotatable bonds is 5. The third kappa shape index (κ3) is 6.17. The average Bonchev–Trinajstić information content (AvgIpc) is 2.53. The molecule has 0 aliphatic heterocycles. The van der Waals surface area contributed by atoms with Gasteiger partial charge in [-0.2, -0.15) is 0 Å². The Morgan fingerprint density at radius 3 is 2.42 bits per heavy atom. The van der Waals surface area contributed by atoms with Crippen molar-refractivity contribution in [3.05, 3.63) is 54.1 Å². The number of amides is 1. The minimum absolute atomic E-state index is 0. The Hall–Kier alpha value is -0.944. The van der Waals surface area contributed by atoms with Crippen molar-refractivity contribution >= 4 is 21.9 Å². The van der Waals surface area contributed by atoms with Crippen molar-refractivity contribution in [1.29, 1.82) is 0 Å². The average molecular weight is 375 g/mol. The Kier molecular flexibility index (Phi) is 8.37. The topological polar surface area (TPSA) is 105 Å². The molecule has 0 unspecified atom stereocenters. The molecule has 0 aromatic heterocycles. The molecule has 0 saturated carbocycles. The summed E-state index contributed by atoms with van der Waals surface area (Å²) in [4.78, 5) is 11.2. The summed E-state index contributed by atoms with van der Waals surface area (Å²) in [6.07, 6.45) is -0.770. The first kappa shape index (κ1) is 21.1. The number of carbonyl (C=O) groups is 1. The number of ether oxygens (including phenoxy) is 2. The molecule has 9 heteroatoms. The Bertz CT molecular complexity index is 795. The molecule has 7 nitrogen and oxygen atoms in total. The van der Waals surface area contributed by atoms with Gasteiger partial charge in [0.15, 0.2) is 0 Å². The summed E-state index contributed by atoms with van der Waals surface area (Å²) < 4.78 is 43.4. The molecule has 0 fully saturated rings. The Labute approximate surface area is 182 Å². The first-order valence-electron chi connectivity index (χ1n) is 6.52. The Morgan fingerprint density at radius 1 is 1.17 bits per heavy atom. The third-order valence-corrected chi connectivity index (χ3v) is 3.75. The molecule has 2 aromatic carbocycles. The van der Waals surface area contributed by atoms with E-state index in [1.165, 1.54) is 19.2 Å². The number of nitrogens with one attached hydrogen (secondary N) is 1. The number of hydrogen-bond donors (Lipinski definition) is 1. The molecule has 0 aliphatic carbocycles. The van der Waals surface area contributed by atoms with Crippen LogP contribution in [0.15, 0.2) is 53.4 Å². The van der Waals surface area contributed by atoms with Gasteiger partial charge in [0.25, 0.3) is 0 Å². The molecule has 0 spiro atoms. The second-order valence-electron chi connectivity index (χ2n) is 4.51. The molecule has 0 saturated heterocycles. The second-order valence-corrected chi connectivity index (χ2v) is 5.85. The van der Waals surface area contributed by atoms with Crippen LogP contribution >= 0.6 is 0 Å². The molecular weight excluding hydrogens is 361 g/mol. The molecule has 122 valence electrons. The number of anilines is 1. The summed E-state index contributed by atoms with van der Waals surface area (Å²) in [5, 5.41) is 2.36. The van der Waals surface area contributed by atoms with Crippen molar-refractivity contribution in [2.45, 2.75) is 11.5 Å². The Balaban J connectivity index is 0.00000288. The maximum absolute atomic E-state index is 11.7. The molecule has 0 radical (unpaired) electrons. The molecule has 0 bridgehead atoms. The van der Waals surface area contributed by atoms with Gasteiger partial charge in [0.2, 0.25) is 0 Å². The van der Waals surface area contributed by atoms with Crippen molar-refractivity contribution in [3.8, 4) is 5.75 Å². The zero-order valence-corrected chi connectivity index (χ0v) is 17.1. The summed E-state index contributed by atoms with van der Waals surface area (Å²) in [5.41, 5.74) is 0.915. The molecule has 0 aliphatic rings. The van der Waals surface area contributed by atoms with Crippen LogP contribution in [0.3, 0.4) is 0 Å². The van der Waals surface area contributed by atoms with Crippen LogP contribution in [-0.4, -0.2) is 26.2 Å². The second kappa shape index (κ2) is 9.52. The number of carbonyl (C=O) groups excluding carboxylic acids is 1. The van der Waals surface area contributed by atoms with E-state index >= 15 is 0 Å². The van der Waals surface area contributed by atoms with E-state index in [0.29, 0.717) is 0 Å². The van der Waals surface area contributed by atoms with E-state index in [4.69, 9.17) is 9.47 Å². The van der Waals surface area contributed by atoms with Gasteiger partial charge in [-0.1, -0.05) is 30.3 Å². The zero-order chi connectivity index (χ0) is 16.9. The summed E-state index contributed by atoms with van der Waals surface area (Å²) >= 11 is 0. The number of methoxy groups -OCH3 is 1. The van der Waals surface area contributed by atoms with Gasteiger partial charge >= 0.3 is 57.5 Å². The van der Waals surface area contributed by atoms with Gasteiger partial charge in [-0.05, 0) is 23.8 Å². The summed E-state index contributed by atoms with van der Waals surface area (Å²) in [6, 6.07) is 12.7. The summed E-state index contributed by atoms with van der Waals surface area (Å²) in [7, 11) is -3.48. The van der Waals surface area contributed by atoms with Crippen LogP contribution in [0.1, 0.15) is 5.56 Å². The predicted molar refractivity (Wildman–Crippen MR) is 81.2 cm³/mol. The maximum atomic E-state index is 11.7. The van der Waals surface area contributed by atoms with Crippen molar-refractivity contribution in [1.82, 2.24) is 0 Å². The van der Waals surface area contributed by atoms with E-state index in [-0.39, 0.29) is 69.4 Å². The van der Waals surface area contributed by atoms with Crippen LogP contribution < -0.4 is 61.4 Å². The van der Waals surface area contributed by atoms with Gasteiger partial charge in [0, 0.05) is 5.69 Å². The van der Waals surface area contributed by atoms with E-state index in [0.717, 1.165) is 11.6 Å². The molecule has 1 N–H and O–H groups in total. The van der Waals surface area contributed by atoms with Crippen LogP contribution in [-0.2, 0) is 21.5 Å². The SMILES string of the molecule is COc1ccc(NC(=O)OCc2ccccc2)cc1S(=O)(=O)[O-].[K+].